The lowest BCUT2D eigenvalue weighted by Gasteiger charge is -2.09. The van der Waals surface area contributed by atoms with E-state index in [1.165, 1.54) is 37.3 Å². The lowest BCUT2D eigenvalue weighted by Crippen LogP contribution is -2.15. The number of phenols is 1. The highest BCUT2D eigenvalue weighted by molar-refractivity contribution is 6.06. The van der Waals surface area contributed by atoms with Gasteiger partial charge >= 0.3 is 0 Å². The number of aromatic hydroxyl groups is 1. The molecule has 0 saturated heterocycles. The summed E-state index contributed by atoms with van der Waals surface area (Å²) in [5, 5.41) is 22.7. The molecule has 6 nitrogen and oxygen atoms in total. The highest BCUT2D eigenvalue weighted by Gasteiger charge is 2.21. The van der Waals surface area contributed by atoms with Crippen molar-refractivity contribution < 1.29 is 19.2 Å². The van der Waals surface area contributed by atoms with Gasteiger partial charge in [-0.05, 0) is 24.6 Å². The van der Waals surface area contributed by atoms with Gasteiger partial charge in [-0.3, -0.25) is 14.9 Å². The Bertz CT molecular complexity index is 731. The average Bonchev–Trinajstić information content (AvgIpc) is 2.43. The second-order valence-electron chi connectivity index (χ2n) is 4.32. The molecule has 2 aromatic carbocycles. The van der Waals surface area contributed by atoms with Gasteiger partial charge in [0.25, 0.3) is 11.6 Å². The van der Waals surface area contributed by atoms with Gasteiger partial charge in [-0.25, -0.2) is 4.39 Å². The zero-order valence-corrected chi connectivity index (χ0v) is 11.0. The minimum Gasteiger partial charge on any atom is -0.505 e. The van der Waals surface area contributed by atoms with Crippen molar-refractivity contribution >= 4 is 17.3 Å². The van der Waals surface area contributed by atoms with E-state index in [1.807, 2.05) is 0 Å². The third kappa shape index (κ3) is 2.81. The van der Waals surface area contributed by atoms with Crippen molar-refractivity contribution in [1.82, 2.24) is 0 Å². The predicted octanol–water partition coefficient (Wildman–Crippen LogP) is 3.00. The van der Waals surface area contributed by atoms with Gasteiger partial charge < -0.3 is 10.4 Å². The van der Waals surface area contributed by atoms with Gasteiger partial charge in [0.15, 0.2) is 5.69 Å². The summed E-state index contributed by atoms with van der Waals surface area (Å²) in [4.78, 5) is 22.2. The third-order valence-corrected chi connectivity index (χ3v) is 2.89. The van der Waals surface area contributed by atoms with Crippen LogP contribution in [0.3, 0.4) is 0 Å². The molecule has 7 heteroatoms. The normalized spacial score (nSPS) is 10.2. The molecule has 2 aromatic rings. The Morgan fingerprint density at radius 2 is 1.95 bits per heavy atom. The number of para-hydroxylation sites is 1. The molecular weight excluding hydrogens is 279 g/mol. The van der Waals surface area contributed by atoms with Crippen LogP contribution in [0.4, 0.5) is 15.8 Å². The van der Waals surface area contributed by atoms with Gasteiger partial charge in [0.2, 0.25) is 0 Å². The minimum absolute atomic E-state index is 0.257. The van der Waals surface area contributed by atoms with Crippen LogP contribution in [0.15, 0.2) is 36.4 Å². The molecule has 0 fully saturated rings. The van der Waals surface area contributed by atoms with Gasteiger partial charge in [-0.15, -0.1) is 0 Å². The summed E-state index contributed by atoms with van der Waals surface area (Å²) in [6, 6.07) is 7.83. The average molecular weight is 290 g/mol. The minimum atomic E-state index is -0.874. The Morgan fingerprint density at radius 3 is 2.62 bits per heavy atom. The van der Waals surface area contributed by atoms with Gasteiger partial charge in [0.1, 0.15) is 11.6 Å². The molecule has 0 aliphatic rings. The first-order valence-electron chi connectivity index (χ1n) is 5.94. The number of anilines is 1. The first-order valence-corrected chi connectivity index (χ1v) is 5.94. The molecule has 2 rings (SSSR count). The van der Waals surface area contributed by atoms with Crippen LogP contribution in [0.2, 0.25) is 0 Å². The van der Waals surface area contributed by atoms with Crippen molar-refractivity contribution in [2.45, 2.75) is 6.92 Å². The number of nitrogens with zero attached hydrogens (tertiary/aromatic N) is 1. The van der Waals surface area contributed by atoms with Crippen LogP contribution in [-0.2, 0) is 0 Å². The molecule has 0 saturated carbocycles. The van der Waals surface area contributed by atoms with Crippen LogP contribution < -0.4 is 5.32 Å². The molecule has 0 unspecified atom stereocenters. The molecule has 2 N–H and O–H groups in total. The van der Waals surface area contributed by atoms with E-state index < -0.39 is 28.1 Å². The molecule has 0 bridgehead atoms. The van der Waals surface area contributed by atoms with Crippen LogP contribution in [0.5, 0.6) is 5.75 Å². The summed E-state index contributed by atoms with van der Waals surface area (Å²) in [6.45, 7) is 1.49. The van der Waals surface area contributed by atoms with E-state index in [-0.39, 0.29) is 16.8 Å². The molecule has 1 amide bonds. The van der Waals surface area contributed by atoms with E-state index in [1.54, 1.807) is 0 Å². The van der Waals surface area contributed by atoms with E-state index in [4.69, 9.17) is 0 Å². The van der Waals surface area contributed by atoms with Crippen LogP contribution in [0, 0.1) is 22.9 Å². The lowest BCUT2D eigenvalue weighted by atomic mass is 10.1. The number of rotatable bonds is 3. The first-order chi connectivity index (χ1) is 9.91. The number of nitro benzene ring substituents is 1. The van der Waals surface area contributed by atoms with Gasteiger partial charge in [0.05, 0.1) is 10.5 Å². The van der Waals surface area contributed by atoms with E-state index in [0.29, 0.717) is 0 Å². The monoisotopic (exact) mass is 290 g/mol. The molecule has 0 heterocycles. The quantitative estimate of drug-likeness (QED) is 0.516. The molecule has 0 aliphatic heterocycles. The van der Waals surface area contributed by atoms with Crippen molar-refractivity contribution in [2.24, 2.45) is 0 Å². The maximum Gasteiger partial charge on any atom is 0.296 e. The van der Waals surface area contributed by atoms with E-state index in [0.717, 1.165) is 6.07 Å². The number of amides is 1. The van der Waals surface area contributed by atoms with Crippen LogP contribution >= 0.6 is 0 Å². The van der Waals surface area contributed by atoms with Crippen molar-refractivity contribution in [3.63, 3.8) is 0 Å². The number of phenolic OH excluding ortho intramolecular Hbond substituents is 1. The number of carbonyl (C=O) groups excluding carboxylic acids is 1. The fourth-order valence-electron chi connectivity index (χ4n) is 1.81. The number of hydrogen-bond donors (Lipinski definition) is 2. The molecule has 0 radical (unpaired) electrons. The third-order valence-electron chi connectivity index (χ3n) is 2.89. The highest BCUT2D eigenvalue weighted by Crippen LogP contribution is 2.33. The first kappa shape index (κ1) is 14.4. The highest BCUT2D eigenvalue weighted by atomic mass is 19.1. The van der Waals surface area contributed by atoms with Crippen molar-refractivity contribution in [3.8, 4) is 5.75 Å². The largest absolute Gasteiger partial charge is 0.505 e. The summed E-state index contributed by atoms with van der Waals surface area (Å²) < 4.78 is 13.9. The Labute approximate surface area is 119 Å². The summed E-state index contributed by atoms with van der Waals surface area (Å²) >= 11 is 0. The number of benzene rings is 2. The Kier molecular flexibility index (Phi) is 3.84. The zero-order valence-electron chi connectivity index (χ0n) is 11.0. The molecule has 0 aromatic heterocycles. The SMILES string of the molecule is Cc1cccc(C(=O)Nc2c(O)cccc2[N+](=O)[O-])c1F. The topological polar surface area (TPSA) is 92.5 Å². The molecule has 21 heavy (non-hydrogen) atoms. The standard InChI is InChI=1S/C14H11FN2O4/c1-8-4-2-5-9(12(8)15)14(19)16-13-10(17(20)21)6-3-7-11(13)18/h2-7,18H,1H3,(H,16,19). The number of aryl methyl sites for hydroxylation is 1. The molecular formula is C14H11FN2O4. The van der Waals surface area contributed by atoms with Gasteiger partial charge in [0, 0.05) is 6.07 Å². The second-order valence-corrected chi connectivity index (χ2v) is 4.32. The van der Waals surface area contributed by atoms with Crippen molar-refractivity contribution in [2.75, 3.05) is 5.32 Å². The second kappa shape index (κ2) is 5.58. The lowest BCUT2D eigenvalue weighted by molar-refractivity contribution is -0.384. The van der Waals surface area contributed by atoms with Crippen molar-refractivity contribution in [3.05, 3.63) is 63.5 Å². The zero-order chi connectivity index (χ0) is 15.6. The molecule has 0 spiro atoms. The van der Waals surface area contributed by atoms with Gasteiger partial charge in [-0.1, -0.05) is 18.2 Å². The van der Waals surface area contributed by atoms with Gasteiger partial charge in [-0.2, -0.15) is 0 Å². The Balaban J connectivity index is 2.41. The van der Waals surface area contributed by atoms with E-state index in [2.05, 4.69) is 5.32 Å². The number of halogens is 1. The molecule has 108 valence electrons. The maximum atomic E-state index is 13.9. The smallest absolute Gasteiger partial charge is 0.296 e. The van der Waals surface area contributed by atoms with E-state index in [9.17, 15) is 24.4 Å². The number of nitrogens with one attached hydrogen (secondary N) is 1. The maximum absolute atomic E-state index is 13.9. The predicted molar refractivity (Wildman–Crippen MR) is 73.9 cm³/mol. The number of carbonyl (C=O) groups is 1. The number of hydrogen-bond acceptors (Lipinski definition) is 4. The molecule has 0 atom stereocenters. The van der Waals surface area contributed by atoms with E-state index >= 15 is 0 Å². The molecule has 0 aliphatic carbocycles. The van der Waals surface area contributed by atoms with Crippen LogP contribution in [0.1, 0.15) is 15.9 Å². The number of nitro groups is 1. The summed E-state index contributed by atoms with van der Waals surface area (Å²) in [7, 11) is 0. The van der Waals surface area contributed by atoms with Crippen LogP contribution in [-0.4, -0.2) is 15.9 Å². The summed E-state index contributed by atoms with van der Waals surface area (Å²) in [5.74, 6) is -2.06. The fraction of sp³-hybridized carbons (Fsp3) is 0.0714. The van der Waals surface area contributed by atoms with Crippen LogP contribution in [0.25, 0.3) is 0 Å². The Hall–Kier alpha value is -2.96. The fourth-order valence-corrected chi connectivity index (χ4v) is 1.81. The Morgan fingerprint density at radius 1 is 1.29 bits per heavy atom. The van der Waals surface area contributed by atoms with Crippen molar-refractivity contribution in [1.29, 1.82) is 0 Å². The summed E-state index contributed by atoms with van der Waals surface area (Å²) in [6.07, 6.45) is 0. The summed E-state index contributed by atoms with van der Waals surface area (Å²) in [5.41, 5.74) is -0.827.